The highest BCUT2D eigenvalue weighted by Gasteiger charge is 2.12. The van der Waals surface area contributed by atoms with Crippen molar-refractivity contribution in [3.63, 3.8) is 0 Å². The van der Waals surface area contributed by atoms with E-state index in [1.807, 2.05) is 19.1 Å². The van der Waals surface area contributed by atoms with Gasteiger partial charge in [0.05, 0.1) is 6.61 Å². The molecule has 17 heavy (non-hydrogen) atoms. The van der Waals surface area contributed by atoms with Gasteiger partial charge < -0.3 is 10.5 Å². The number of ether oxygens (including phenoxy) is 1. The van der Waals surface area contributed by atoms with Crippen molar-refractivity contribution in [2.75, 3.05) is 6.61 Å². The predicted molar refractivity (Wildman–Crippen MR) is 76.4 cm³/mol. The molecule has 0 fully saturated rings. The van der Waals surface area contributed by atoms with Crippen molar-refractivity contribution in [1.29, 1.82) is 0 Å². The summed E-state index contributed by atoms with van der Waals surface area (Å²) in [6.45, 7) is 4.88. The summed E-state index contributed by atoms with van der Waals surface area (Å²) < 4.78 is 6.68. The Morgan fingerprint density at radius 2 is 2.06 bits per heavy atom. The van der Waals surface area contributed by atoms with E-state index in [1.165, 1.54) is 19.3 Å². The molecule has 0 unspecified atom stereocenters. The van der Waals surface area contributed by atoms with E-state index in [4.69, 9.17) is 10.5 Å². The second-order valence-corrected chi connectivity index (χ2v) is 5.13. The Kier molecular flexibility index (Phi) is 6.60. The van der Waals surface area contributed by atoms with E-state index in [9.17, 15) is 0 Å². The lowest BCUT2D eigenvalue weighted by Crippen LogP contribution is -2.12. The van der Waals surface area contributed by atoms with Gasteiger partial charge in [0.25, 0.3) is 0 Å². The number of hydrogen-bond donors (Lipinski definition) is 1. The summed E-state index contributed by atoms with van der Waals surface area (Å²) in [5.74, 6) is 0.916. The number of benzene rings is 1. The monoisotopic (exact) mass is 299 g/mol. The van der Waals surface area contributed by atoms with Gasteiger partial charge in [-0.2, -0.15) is 0 Å². The maximum atomic E-state index is 6.23. The van der Waals surface area contributed by atoms with Crippen molar-refractivity contribution >= 4 is 15.9 Å². The van der Waals surface area contributed by atoms with E-state index in [0.717, 1.165) is 22.2 Å². The van der Waals surface area contributed by atoms with Crippen molar-refractivity contribution in [3.8, 4) is 5.75 Å². The predicted octanol–water partition coefficient (Wildman–Crippen LogP) is 4.43. The molecule has 0 saturated carbocycles. The molecule has 0 saturated heterocycles. The van der Waals surface area contributed by atoms with Gasteiger partial charge in [-0.3, -0.25) is 0 Å². The van der Waals surface area contributed by atoms with E-state index in [2.05, 4.69) is 28.9 Å². The molecule has 1 aromatic carbocycles. The molecule has 96 valence electrons. The minimum Gasteiger partial charge on any atom is -0.494 e. The molecule has 0 aliphatic carbocycles. The summed E-state index contributed by atoms with van der Waals surface area (Å²) >= 11 is 3.49. The van der Waals surface area contributed by atoms with Crippen LogP contribution in [-0.2, 0) is 0 Å². The standard InChI is InChI=1S/C14H22BrNO/c1-3-5-6-7-13(16)12-10-11(15)8-9-14(12)17-4-2/h8-10,13H,3-7,16H2,1-2H3/t13-/m0/s1. The normalized spacial score (nSPS) is 12.5. The smallest absolute Gasteiger partial charge is 0.124 e. The van der Waals surface area contributed by atoms with Crippen LogP contribution in [0, 0.1) is 0 Å². The molecule has 2 nitrogen and oxygen atoms in total. The van der Waals surface area contributed by atoms with E-state index in [0.29, 0.717) is 6.61 Å². The van der Waals surface area contributed by atoms with E-state index in [-0.39, 0.29) is 6.04 Å². The molecular weight excluding hydrogens is 278 g/mol. The first kappa shape index (κ1) is 14.5. The molecule has 0 bridgehead atoms. The summed E-state index contributed by atoms with van der Waals surface area (Å²) in [5, 5.41) is 0. The van der Waals surface area contributed by atoms with Gasteiger partial charge in [0.1, 0.15) is 5.75 Å². The quantitative estimate of drug-likeness (QED) is 0.756. The van der Waals surface area contributed by atoms with Crippen molar-refractivity contribution in [1.82, 2.24) is 0 Å². The lowest BCUT2D eigenvalue weighted by atomic mass is 10.0. The van der Waals surface area contributed by atoms with Gasteiger partial charge in [-0.15, -0.1) is 0 Å². The molecule has 1 rings (SSSR count). The third-order valence-electron chi connectivity index (χ3n) is 2.79. The fourth-order valence-electron chi connectivity index (χ4n) is 1.87. The molecule has 0 aliphatic heterocycles. The van der Waals surface area contributed by atoms with Gasteiger partial charge in [-0.1, -0.05) is 42.1 Å². The van der Waals surface area contributed by atoms with Gasteiger partial charge in [0, 0.05) is 16.1 Å². The summed E-state index contributed by atoms with van der Waals surface area (Å²) in [7, 11) is 0. The summed E-state index contributed by atoms with van der Waals surface area (Å²) in [4.78, 5) is 0. The summed E-state index contributed by atoms with van der Waals surface area (Å²) in [5.41, 5.74) is 7.34. The fraction of sp³-hybridized carbons (Fsp3) is 0.571. The van der Waals surface area contributed by atoms with Crippen LogP contribution in [-0.4, -0.2) is 6.61 Å². The van der Waals surface area contributed by atoms with Crippen molar-refractivity contribution in [2.45, 2.75) is 45.6 Å². The van der Waals surface area contributed by atoms with E-state index in [1.54, 1.807) is 0 Å². The van der Waals surface area contributed by atoms with Crippen LogP contribution in [0.2, 0.25) is 0 Å². The van der Waals surface area contributed by atoms with Crippen LogP contribution >= 0.6 is 15.9 Å². The largest absolute Gasteiger partial charge is 0.494 e. The molecule has 0 radical (unpaired) electrons. The molecule has 0 aliphatic rings. The highest BCUT2D eigenvalue weighted by molar-refractivity contribution is 9.10. The Morgan fingerprint density at radius 3 is 2.71 bits per heavy atom. The third kappa shape index (κ3) is 4.68. The Bertz CT molecular complexity index is 341. The molecule has 1 atom stereocenters. The average Bonchev–Trinajstić information content (AvgIpc) is 2.32. The maximum absolute atomic E-state index is 6.23. The van der Waals surface area contributed by atoms with Crippen LogP contribution in [0.1, 0.15) is 51.1 Å². The molecule has 0 aromatic heterocycles. The molecule has 0 spiro atoms. The number of unbranched alkanes of at least 4 members (excludes halogenated alkanes) is 2. The Labute approximate surface area is 113 Å². The van der Waals surface area contributed by atoms with Gasteiger partial charge in [0.15, 0.2) is 0 Å². The molecule has 3 heteroatoms. The Hall–Kier alpha value is -0.540. The zero-order valence-electron chi connectivity index (χ0n) is 10.7. The first-order valence-electron chi connectivity index (χ1n) is 6.36. The fourth-order valence-corrected chi connectivity index (χ4v) is 2.24. The molecule has 1 aromatic rings. The highest BCUT2D eigenvalue weighted by atomic mass is 79.9. The number of rotatable bonds is 7. The minimum atomic E-state index is 0.0700. The Morgan fingerprint density at radius 1 is 1.29 bits per heavy atom. The first-order valence-corrected chi connectivity index (χ1v) is 7.16. The topological polar surface area (TPSA) is 35.2 Å². The SMILES string of the molecule is CCCCC[C@H](N)c1cc(Br)ccc1OCC. The Balaban J connectivity index is 2.74. The van der Waals surface area contributed by atoms with Crippen LogP contribution in [0.15, 0.2) is 22.7 Å². The van der Waals surface area contributed by atoms with Crippen LogP contribution in [0.5, 0.6) is 5.75 Å². The molecule has 0 heterocycles. The average molecular weight is 300 g/mol. The lowest BCUT2D eigenvalue weighted by molar-refractivity contribution is 0.333. The second kappa shape index (κ2) is 7.72. The van der Waals surface area contributed by atoms with Crippen molar-refractivity contribution < 1.29 is 4.74 Å². The van der Waals surface area contributed by atoms with E-state index >= 15 is 0 Å². The highest BCUT2D eigenvalue weighted by Crippen LogP contribution is 2.30. The zero-order chi connectivity index (χ0) is 12.7. The van der Waals surface area contributed by atoms with Crippen molar-refractivity contribution in [3.05, 3.63) is 28.2 Å². The van der Waals surface area contributed by atoms with Gasteiger partial charge in [0.2, 0.25) is 0 Å². The van der Waals surface area contributed by atoms with Crippen LogP contribution < -0.4 is 10.5 Å². The van der Waals surface area contributed by atoms with Crippen LogP contribution in [0.4, 0.5) is 0 Å². The van der Waals surface area contributed by atoms with Gasteiger partial charge >= 0.3 is 0 Å². The molecular formula is C14H22BrNO. The van der Waals surface area contributed by atoms with Crippen LogP contribution in [0.3, 0.4) is 0 Å². The summed E-state index contributed by atoms with van der Waals surface area (Å²) in [6.07, 6.45) is 4.66. The van der Waals surface area contributed by atoms with E-state index < -0.39 is 0 Å². The second-order valence-electron chi connectivity index (χ2n) is 4.22. The van der Waals surface area contributed by atoms with Crippen molar-refractivity contribution in [2.24, 2.45) is 5.73 Å². The van der Waals surface area contributed by atoms with Gasteiger partial charge in [-0.05, 0) is 31.5 Å². The minimum absolute atomic E-state index is 0.0700. The summed E-state index contributed by atoms with van der Waals surface area (Å²) in [6, 6.07) is 6.12. The molecule has 2 N–H and O–H groups in total. The number of halogens is 1. The third-order valence-corrected chi connectivity index (χ3v) is 3.28. The van der Waals surface area contributed by atoms with Crippen LogP contribution in [0.25, 0.3) is 0 Å². The van der Waals surface area contributed by atoms with Gasteiger partial charge in [-0.25, -0.2) is 0 Å². The zero-order valence-corrected chi connectivity index (χ0v) is 12.3. The lowest BCUT2D eigenvalue weighted by Gasteiger charge is -2.17. The first-order chi connectivity index (χ1) is 8.19. The number of nitrogens with two attached hydrogens (primary N) is 1. The molecule has 0 amide bonds. The number of hydrogen-bond acceptors (Lipinski definition) is 2. The maximum Gasteiger partial charge on any atom is 0.124 e.